The van der Waals surface area contributed by atoms with Crippen LogP contribution >= 0.6 is 0 Å². The molecule has 9 heteroatoms. The van der Waals surface area contributed by atoms with E-state index in [1.807, 2.05) is 45.0 Å². The van der Waals surface area contributed by atoms with E-state index in [1.54, 1.807) is 30.2 Å². The number of amides is 3. The molecule has 0 aromatic heterocycles. The third-order valence-corrected chi connectivity index (χ3v) is 5.07. The molecule has 9 nitrogen and oxygen atoms in total. The molecule has 0 aliphatic carbocycles. The molecular weight excluding hydrogens is 424 g/mol. The predicted molar refractivity (Wildman–Crippen MR) is 129 cm³/mol. The van der Waals surface area contributed by atoms with E-state index in [9.17, 15) is 9.59 Å². The lowest BCUT2D eigenvalue weighted by atomic mass is 10.2. The molecule has 2 N–H and O–H groups in total. The maximum absolute atomic E-state index is 12.5. The van der Waals surface area contributed by atoms with Crippen LogP contribution in [0, 0.1) is 0 Å². The Balaban J connectivity index is 1.54. The molecule has 178 valence electrons. The molecule has 0 radical (unpaired) electrons. The van der Waals surface area contributed by atoms with Crippen LogP contribution in [0.4, 0.5) is 26.7 Å². The van der Waals surface area contributed by atoms with E-state index in [0.29, 0.717) is 49.1 Å². The number of hydrogen-bond donors (Lipinski definition) is 2. The lowest BCUT2D eigenvalue weighted by Crippen LogP contribution is -2.50. The van der Waals surface area contributed by atoms with Crippen LogP contribution in [0.5, 0.6) is 11.5 Å². The monoisotopic (exact) mass is 456 g/mol. The summed E-state index contributed by atoms with van der Waals surface area (Å²) in [5.74, 6) is 0.988. The number of ether oxygens (including phenoxy) is 3. The predicted octanol–water partition coefficient (Wildman–Crippen LogP) is 4.40. The lowest BCUT2D eigenvalue weighted by Gasteiger charge is -2.36. The molecule has 1 heterocycles. The quantitative estimate of drug-likeness (QED) is 0.693. The van der Waals surface area contributed by atoms with Gasteiger partial charge in [-0.15, -0.1) is 0 Å². The van der Waals surface area contributed by atoms with E-state index in [-0.39, 0.29) is 12.1 Å². The first-order valence-electron chi connectivity index (χ1n) is 10.8. The molecule has 0 spiro atoms. The highest BCUT2D eigenvalue weighted by molar-refractivity contribution is 6.01. The first-order valence-corrected chi connectivity index (χ1v) is 10.8. The molecule has 3 rings (SSSR count). The smallest absolute Gasteiger partial charge is 0.410 e. The number of methoxy groups -OCH3 is 2. The van der Waals surface area contributed by atoms with Gasteiger partial charge in [-0.2, -0.15) is 0 Å². The zero-order valence-corrected chi connectivity index (χ0v) is 19.8. The summed E-state index contributed by atoms with van der Waals surface area (Å²) in [5, 5.41) is 5.60. The molecule has 0 saturated carbocycles. The second-order valence-electron chi connectivity index (χ2n) is 8.62. The van der Waals surface area contributed by atoms with Crippen molar-refractivity contribution >= 4 is 29.2 Å². The number of para-hydroxylation sites is 1. The van der Waals surface area contributed by atoms with Gasteiger partial charge >= 0.3 is 12.1 Å². The third-order valence-electron chi connectivity index (χ3n) is 5.07. The van der Waals surface area contributed by atoms with Crippen LogP contribution in [-0.4, -0.2) is 63.0 Å². The minimum absolute atomic E-state index is 0.277. The standard InChI is InChI=1S/C24H32N4O5/c1-24(2,3)33-23(30)28-15-13-27(14-16-28)18-11-9-17(10-12-18)25-22(29)26-19-7-6-8-20(31-4)21(19)32-5/h6-12H,13-16H2,1-5H3,(H2,25,26,29). The molecule has 1 saturated heterocycles. The fourth-order valence-corrected chi connectivity index (χ4v) is 3.50. The fourth-order valence-electron chi connectivity index (χ4n) is 3.50. The number of rotatable bonds is 5. The maximum Gasteiger partial charge on any atom is 0.410 e. The van der Waals surface area contributed by atoms with Crippen molar-refractivity contribution < 1.29 is 23.8 Å². The van der Waals surface area contributed by atoms with Gasteiger partial charge in [0.2, 0.25) is 0 Å². The highest BCUT2D eigenvalue weighted by atomic mass is 16.6. The van der Waals surface area contributed by atoms with Crippen molar-refractivity contribution in [3.63, 3.8) is 0 Å². The SMILES string of the molecule is COc1cccc(NC(=O)Nc2ccc(N3CCN(C(=O)OC(C)(C)C)CC3)cc2)c1OC. The zero-order valence-electron chi connectivity index (χ0n) is 19.8. The molecule has 3 amide bonds. The largest absolute Gasteiger partial charge is 0.493 e. The molecule has 0 unspecified atom stereocenters. The van der Waals surface area contributed by atoms with Crippen molar-refractivity contribution in [2.45, 2.75) is 26.4 Å². The van der Waals surface area contributed by atoms with E-state index >= 15 is 0 Å². The Bertz CT molecular complexity index is 964. The minimum atomic E-state index is -0.499. The Morgan fingerprint density at radius 2 is 1.55 bits per heavy atom. The summed E-state index contributed by atoms with van der Waals surface area (Å²) in [4.78, 5) is 28.6. The molecule has 1 fully saturated rings. The molecule has 0 bridgehead atoms. The van der Waals surface area contributed by atoms with Gasteiger partial charge in [0.05, 0.1) is 19.9 Å². The van der Waals surface area contributed by atoms with Crippen LogP contribution in [0.3, 0.4) is 0 Å². The Morgan fingerprint density at radius 1 is 0.879 bits per heavy atom. The second-order valence-corrected chi connectivity index (χ2v) is 8.62. The van der Waals surface area contributed by atoms with Crippen molar-refractivity contribution in [1.82, 2.24) is 4.90 Å². The van der Waals surface area contributed by atoms with Crippen LogP contribution in [-0.2, 0) is 4.74 Å². The topological polar surface area (TPSA) is 92.4 Å². The van der Waals surface area contributed by atoms with Gasteiger partial charge in [0.15, 0.2) is 11.5 Å². The van der Waals surface area contributed by atoms with Crippen molar-refractivity contribution in [2.75, 3.05) is 55.9 Å². The van der Waals surface area contributed by atoms with Gasteiger partial charge < -0.3 is 34.6 Å². The van der Waals surface area contributed by atoms with Crippen LogP contribution < -0.4 is 25.0 Å². The van der Waals surface area contributed by atoms with E-state index in [4.69, 9.17) is 14.2 Å². The van der Waals surface area contributed by atoms with E-state index in [0.717, 1.165) is 5.69 Å². The highest BCUT2D eigenvalue weighted by Crippen LogP contribution is 2.34. The summed E-state index contributed by atoms with van der Waals surface area (Å²) >= 11 is 0. The molecule has 1 aliphatic heterocycles. The average molecular weight is 457 g/mol. The molecular formula is C24H32N4O5. The van der Waals surface area contributed by atoms with Crippen LogP contribution in [0.25, 0.3) is 0 Å². The van der Waals surface area contributed by atoms with Gasteiger partial charge in [-0.1, -0.05) is 6.07 Å². The number of nitrogens with one attached hydrogen (secondary N) is 2. The number of anilines is 3. The van der Waals surface area contributed by atoms with Gasteiger partial charge in [-0.3, -0.25) is 0 Å². The van der Waals surface area contributed by atoms with Crippen LogP contribution in [0.1, 0.15) is 20.8 Å². The first kappa shape index (κ1) is 24.0. The normalized spacial score (nSPS) is 13.8. The summed E-state index contributed by atoms with van der Waals surface area (Å²) < 4.78 is 16.0. The van der Waals surface area contributed by atoms with Gasteiger partial charge in [-0.25, -0.2) is 9.59 Å². The Labute approximate surface area is 194 Å². The first-order chi connectivity index (χ1) is 15.7. The summed E-state index contributed by atoms with van der Waals surface area (Å²) in [7, 11) is 3.06. The highest BCUT2D eigenvalue weighted by Gasteiger charge is 2.26. The molecule has 2 aromatic rings. The van der Waals surface area contributed by atoms with E-state index in [2.05, 4.69) is 15.5 Å². The van der Waals surface area contributed by atoms with Gasteiger partial charge in [-0.05, 0) is 57.2 Å². The molecule has 0 atom stereocenters. The Kier molecular flexibility index (Phi) is 7.52. The summed E-state index contributed by atoms with van der Waals surface area (Å²) in [6.07, 6.45) is -0.277. The number of hydrogen-bond acceptors (Lipinski definition) is 6. The van der Waals surface area contributed by atoms with E-state index in [1.165, 1.54) is 7.11 Å². The van der Waals surface area contributed by atoms with Crippen molar-refractivity contribution in [1.29, 1.82) is 0 Å². The third kappa shape index (κ3) is 6.44. The number of carbonyl (C=O) groups excluding carboxylic acids is 2. The number of piperazine rings is 1. The van der Waals surface area contributed by atoms with Crippen molar-refractivity contribution in [2.24, 2.45) is 0 Å². The summed E-state index contributed by atoms with van der Waals surface area (Å²) in [5.41, 5.74) is 1.69. The van der Waals surface area contributed by atoms with Gasteiger partial charge in [0, 0.05) is 37.6 Å². The maximum atomic E-state index is 12.5. The number of carbonyl (C=O) groups is 2. The molecule has 2 aromatic carbocycles. The number of urea groups is 1. The second kappa shape index (κ2) is 10.3. The van der Waals surface area contributed by atoms with Crippen molar-refractivity contribution in [3.05, 3.63) is 42.5 Å². The fraction of sp³-hybridized carbons (Fsp3) is 0.417. The Morgan fingerprint density at radius 3 is 2.12 bits per heavy atom. The summed E-state index contributed by atoms with van der Waals surface area (Å²) in [6, 6.07) is 12.5. The molecule has 1 aliphatic rings. The molecule has 33 heavy (non-hydrogen) atoms. The van der Waals surface area contributed by atoms with E-state index < -0.39 is 5.60 Å². The summed E-state index contributed by atoms with van der Waals surface area (Å²) in [6.45, 7) is 8.21. The van der Waals surface area contributed by atoms with Crippen molar-refractivity contribution in [3.8, 4) is 11.5 Å². The van der Waals surface area contributed by atoms with Gasteiger partial charge in [0.1, 0.15) is 5.60 Å². The minimum Gasteiger partial charge on any atom is -0.493 e. The zero-order chi connectivity index (χ0) is 24.0. The van der Waals surface area contributed by atoms with Crippen LogP contribution in [0.15, 0.2) is 42.5 Å². The van der Waals surface area contributed by atoms with Crippen LogP contribution in [0.2, 0.25) is 0 Å². The average Bonchev–Trinajstić information content (AvgIpc) is 2.78. The number of nitrogens with zero attached hydrogens (tertiary/aromatic N) is 2. The Hall–Kier alpha value is -3.62. The lowest BCUT2D eigenvalue weighted by molar-refractivity contribution is 0.0240. The van der Waals surface area contributed by atoms with Gasteiger partial charge in [0.25, 0.3) is 0 Å². The number of benzene rings is 2.